The van der Waals surface area contributed by atoms with E-state index in [1.54, 1.807) is 0 Å². The summed E-state index contributed by atoms with van der Waals surface area (Å²) in [6, 6.07) is 8.15. The summed E-state index contributed by atoms with van der Waals surface area (Å²) in [5.41, 5.74) is 7.82. The number of carbonyl (C=O) groups excluding carboxylic acids is 1. The van der Waals surface area contributed by atoms with Gasteiger partial charge in [0.15, 0.2) is 0 Å². The standard InChI is InChI=1S/C15H24N4O/c1-18(2)14-5-3-13(4-6-14)17-15(20)11-19-9-7-12(16)8-10-19/h3-6,12H,7-11,16H2,1-2H3,(H,17,20). The van der Waals surface area contributed by atoms with Gasteiger partial charge in [-0.05, 0) is 37.1 Å². The van der Waals surface area contributed by atoms with Crippen molar-refractivity contribution in [2.75, 3.05) is 43.9 Å². The Labute approximate surface area is 120 Å². The second-order valence-electron chi connectivity index (χ2n) is 5.60. The molecule has 0 unspecified atom stereocenters. The normalized spacial score (nSPS) is 16.9. The summed E-state index contributed by atoms with van der Waals surface area (Å²) in [4.78, 5) is 16.2. The number of nitrogens with zero attached hydrogens (tertiary/aromatic N) is 2. The predicted molar refractivity (Wildman–Crippen MR) is 83.0 cm³/mol. The predicted octanol–water partition coefficient (Wildman–Crippen LogP) is 1.11. The summed E-state index contributed by atoms with van der Waals surface area (Å²) in [6.07, 6.45) is 1.95. The van der Waals surface area contributed by atoms with E-state index in [4.69, 9.17) is 5.73 Å². The number of nitrogens with one attached hydrogen (secondary N) is 1. The van der Waals surface area contributed by atoms with Crippen LogP contribution in [0.5, 0.6) is 0 Å². The number of hydrogen-bond acceptors (Lipinski definition) is 4. The van der Waals surface area contributed by atoms with Crippen molar-refractivity contribution in [2.24, 2.45) is 5.73 Å². The Morgan fingerprint density at radius 2 is 1.90 bits per heavy atom. The summed E-state index contributed by atoms with van der Waals surface area (Å²) in [5.74, 6) is 0.0399. The van der Waals surface area contributed by atoms with Gasteiger partial charge in [-0.1, -0.05) is 0 Å². The molecule has 3 N–H and O–H groups in total. The Bertz CT molecular complexity index is 436. The first-order valence-electron chi connectivity index (χ1n) is 7.10. The van der Waals surface area contributed by atoms with E-state index in [9.17, 15) is 4.79 Å². The zero-order chi connectivity index (χ0) is 14.5. The van der Waals surface area contributed by atoms with E-state index in [1.165, 1.54) is 0 Å². The molecule has 20 heavy (non-hydrogen) atoms. The Kier molecular flexibility index (Phi) is 4.98. The van der Waals surface area contributed by atoms with Gasteiger partial charge < -0.3 is 16.0 Å². The van der Waals surface area contributed by atoms with Gasteiger partial charge in [-0.3, -0.25) is 9.69 Å². The number of nitrogens with two attached hydrogens (primary N) is 1. The van der Waals surface area contributed by atoms with Crippen molar-refractivity contribution >= 4 is 17.3 Å². The monoisotopic (exact) mass is 276 g/mol. The van der Waals surface area contributed by atoms with Gasteiger partial charge >= 0.3 is 0 Å². The van der Waals surface area contributed by atoms with E-state index in [0.717, 1.165) is 37.3 Å². The number of anilines is 2. The lowest BCUT2D eigenvalue weighted by molar-refractivity contribution is -0.117. The molecule has 1 fully saturated rings. The Balaban J connectivity index is 1.82. The minimum atomic E-state index is 0.0399. The lowest BCUT2D eigenvalue weighted by atomic mass is 10.1. The molecule has 110 valence electrons. The topological polar surface area (TPSA) is 61.6 Å². The van der Waals surface area contributed by atoms with Gasteiger partial charge in [-0.25, -0.2) is 0 Å². The largest absolute Gasteiger partial charge is 0.378 e. The molecule has 1 aromatic carbocycles. The van der Waals surface area contributed by atoms with Gasteiger partial charge in [0, 0.05) is 44.6 Å². The molecule has 0 aromatic heterocycles. The van der Waals surface area contributed by atoms with Crippen molar-refractivity contribution in [3.05, 3.63) is 24.3 Å². The lowest BCUT2D eigenvalue weighted by Crippen LogP contribution is -2.43. The molecule has 1 aromatic rings. The third kappa shape index (κ3) is 4.21. The maximum absolute atomic E-state index is 12.0. The first-order valence-corrected chi connectivity index (χ1v) is 7.10. The van der Waals surface area contributed by atoms with Gasteiger partial charge in [0.2, 0.25) is 5.91 Å². The maximum Gasteiger partial charge on any atom is 0.238 e. The summed E-state index contributed by atoms with van der Waals surface area (Å²) in [7, 11) is 3.99. The number of hydrogen-bond donors (Lipinski definition) is 2. The molecule has 0 spiro atoms. The van der Waals surface area contributed by atoms with Crippen LogP contribution in [0.4, 0.5) is 11.4 Å². The van der Waals surface area contributed by atoms with Gasteiger partial charge in [0.25, 0.3) is 0 Å². The number of amides is 1. The molecule has 1 saturated heterocycles. The Hall–Kier alpha value is -1.59. The van der Waals surface area contributed by atoms with E-state index in [2.05, 4.69) is 10.2 Å². The van der Waals surface area contributed by atoms with Crippen LogP contribution in [0.15, 0.2) is 24.3 Å². The molecular formula is C15H24N4O. The Morgan fingerprint density at radius 1 is 1.30 bits per heavy atom. The summed E-state index contributed by atoms with van der Waals surface area (Å²) >= 11 is 0. The summed E-state index contributed by atoms with van der Waals surface area (Å²) in [6.45, 7) is 2.27. The Morgan fingerprint density at radius 3 is 2.45 bits per heavy atom. The van der Waals surface area contributed by atoms with Crippen LogP contribution in [0.25, 0.3) is 0 Å². The van der Waals surface area contributed by atoms with Gasteiger partial charge in [0.05, 0.1) is 6.54 Å². The van der Waals surface area contributed by atoms with Crippen LogP contribution in [0, 0.1) is 0 Å². The number of likely N-dealkylation sites (tertiary alicyclic amines) is 1. The molecule has 1 aliphatic heterocycles. The van der Waals surface area contributed by atoms with Gasteiger partial charge in [-0.15, -0.1) is 0 Å². The first kappa shape index (κ1) is 14.8. The zero-order valence-corrected chi connectivity index (χ0v) is 12.3. The van der Waals surface area contributed by atoms with Crippen LogP contribution in [0.2, 0.25) is 0 Å². The highest BCUT2D eigenvalue weighted by Gasteiger charge is 2.18. The smallest absolute Gasteiger partial charge is 0.238 e. The average molecular weight is 276 g/mol. The van der Waals surface area contributed by atoms with Crippen LogP contribution >= 0.6 is 0 Å². The van der Waals surface area contributed by atoms with E-state index < -0.39 is 0 Å². The molecule has 5 heteroatoms. The molecule has 0 saturated carbocycles. The van der Waals surface area contributed by atoms with E-state index in [-0.39, 0.29) is 5.91 Å². The molecule has 1 heterocycles. The maximum atomic E-state index is 12.0. The highest BCUT2D eigenvalue weighted by molar-refractivity contribution is 5.92. The van der Waals surface area contributed by atoms with Crippen LogP contribution in [-0.4, -0.2) is 50.6 Å². The molecule has 0 bridgehead atoms. The van der Waals surface area contributed by atoms with Crippen molar-refractivity contribution in [1.29, 1.82) is 0 Å². The van der Waals surface area contributed by atoms with Crippen molar-refractivity contribution < 1.29 is 4.79 Å². The van der Waals surface area contributed by atoms with Crippen molar-refractivity contribution in [3.63, 3.8) is 0 Å². The van der Waals surface area contributed by atoms with E-state index >= 15 is 0 Å². The number of piperidine rings is 1. The SMILES string of the molecule is CN(C)c1ccc(NC(=O)CN2CCC(N)CC2)cc1. The third-order valence-corrected chi connectivity index (χ3v) is 3.67. The molecule has 0 radical (unpaired) electrons. The van der Waals surface area contributed by atoms with E-state index in [1.807, 2.05) is 43.3 Å². The molecule has 5 nitrogen and oxygen atoms in total. The number of carbonyl (C=O) groups is 1. The second-order valence-corrected chi connectivity index (χ2v) is 5.60. The first-order chi connectivity index (χ1) is 9.54. The van der Waals surface area contributed by atoms with Crippen LogP contribution in [-0.2, 0) is 4.79 Å². The molecular weight excluding hydrogens is 252 g/mol. The van der Waals surface area contributed by atoms with E-state index in [0.29, 0.717) is 12.6 Å². The van der Waals surface area contributed by atoms with Gasteiger partial charge in [0.1, 0.15) is 0 Å². The van der Waals surface area contributed by atoms with Gasteiger partial charge in [-0.2, -0.15) is 0 Å². The highest BCUT2D eigenvalue weighted by atomic mass is 16.2. The van der Waals surface area contributed by atoms with Crippen molar-refractivity contribution in [2.45, 2.75) is 18.9 Å². The van der Waals surface area contributed by atoms with Crippen LogP contribution in [0.1, 0.15) is 12.8 Å². The fourth-order valence-electron chi connectivity index (χ4n) is 2.36. The minimum Gasteiger partial charge on any atom is -0.378 e. The second kappa shape index (κ2) is 6.72. The molecule has 1 aliphatic rings. The third-order valence-electron chi connectivity index (χ3n) is 3.67. The van der Waals surface area contributed by atoms with Crippen LogP contribution in [0.3, 0.4) is 0 Å². The average Bonchev–Trinajstić information content (AvgIpc) is 2.42. The highest BCUT2D eigenvalue weighted by Crippen LogP contribution is 2.15. The summed E-state index contributed by atoms with van der Waals surface area (Å²) in [5, 5.41) is 2.94. The molecule has 0 aliphatic carbocycles. The summed E-state index contributed by atoms with van der Waals surface area (Å²) < 4.78 is 0. The van der Waals surface area contributed by atoms with Crippen LogP contribution < -0.4 is 16.0 Å². The number of rotatable bonds is 4. The minimum absolute atomic E-state index is 0.0399. The fourth-order valence-corrected chi connectivity index (χ4v) is 2.36. The lowest BCUT2D eigenvalue weighted by Gasteiger charge is -2.29. The number of benzene rings is 1. The zero-order valence-electron chi connectivity index (χ0n) is 12.3. The quantitative estimate of drug-likeness (QED) is 0.865. The fraction of sp³-hybridized carbons (Fsp3) is 0.533. The van der Waals surface area contributed by atoms with Crippen molar-refractivity contribution in [3.8, 4) is 0 Å². The molecule has 0 atom stereocenters. The van der Waals surface area contributed by atoms with Crippen molar-refractivity contribution in [1.82, 2.24) is 4.90 Å². The molecule has 1 amide bonds. The molecule has 2 rings (SSSR count).